The number of ketones is 1. The smallest absolute Gasteiger partial charge is 0.358 e. The number of thiazole rings is 1. The summed E-state index contributed by atoms with van der Waals surface area (Å²) < 4.78 is 4.64. The second-order valence-electron chi connectivity index (χ2n) is 4.29. The van der Waals surface area contributed by atoms with Crippen LogP contribution < -0.4 is 4.90 Å². The molecule has 0 aliphatic carbocycles. The molecule has 1 rings (SSSR count). The van der Waals surface area contributed by atoms with Crippen LogP contribution in [0.25, 0.3) is 0 Å². The molecule has 1 aromatic heterocycles. The van der Waals surface area contributed by atoms with Gasteiger partial charge in [-0.3, -0.25) is 4.79 Å². The molecule has 0 spiro atoms. The van der Waals surface area contributed by atoms with Gasteiger partial charge in [-0.15, -0.1) is 0 Å². The molecule has 108 valence electrons. The number of aromatic nitrogens is 1. The topological polar surface area (TPSA) is 83.3 Å². The van der Waals surface area contributed by atoms with Gasteiger partial charge in [0.15, 0.2) is 16.6 Å². The molecule has 0 amide bonds. The van der Waals surface area contributed by atoms with E-state index >= 15 is 0 Å². The number of esters is 1. The van der Waals surface area contributed by atoms with Crippen LogP contribution in [0.1, 0.15) is 40.9 Å². The maximum absolute atomic E-state index is 11.6. The molecule has 0 saturated carbocycles. The summed E-state index contributed by atoms with van der Waals surface area (Å²) in [6, 6.07) is 2.15. The number of anilines is 1. The summed E-state index contributed by atoms with van der Waals surface area (Å²) in [4.78, 5) is 29.6. The van der Waals surface area contributed by atoms with Gasteiger partial charge in [-0.25, -0.2) is 9.78 Å². The Labute approximate surface area is 122 Å². The molecule has 0 N–H and O–H groups in total. The number of hydrogen-bond donors (Lipinski definition) is 0. The first-order chi connectivity index (χ1) is 9.44. The van der Waals surface area contributed by atoms with E-state index < -0.39 is 5.97 Å². The Morgan fingerprint density at radius 1 is 1.55 bits per heavy atom. The van der Waals surface area contributed by atoms with E-state index in [-0.39, 0.29) is 22.3 Å². The van der Waals surface area contributed by atoms with Crippen molar-refractivity contribution in [3.63, 3.8) is 0 Å². The molecule has 0 aromatic carbocycles. The van der Waals surface area contributed by atoms with Crippen LogP contribution in [-0.2, 0) is 4.74 Å². The van der Waals surface area contributed by atoms with Crippen LogP contribution in [0, 0.1) is 17.2 Å². The third-order valence-corrected chi connectivity index (χ3v) is 3.90. The van der Waals surface area contributed by atoms with Gasteiger partial charge >= 0.3 is 5.97 Å². The second kappa shape index (κ2) is 7.01. The minimum absolute atomic E-state index is 0.0445. The zero-order valence-electron chi connectivity index (χ0n) is 12.0. The first-order valence-corrected chi connectivity index (χ1v) is 7.00. The number of ether oxygens (including phenoxy) is 1. The van der Waals surface area contributed by atoms with Crippen molar-refractivity contribution in [3.05, 3.63) is 10.6 Å². The summed E-state index contributed by atoms with van der Waals surface area (Å²) >= 11 is 1.15. The SMILES string of the molecule is CCN(CC(C)C#N)c1nc(C(=O)OC)c(C(C)=O)s1. The fourth-order valence-corrected chi connectivity index (χ4v) is 2.65. The van der Waals surface area contributed by atoms with Gasteiger partial charge in [0.2, 0.25) is 0 Å². The minimum Gasteiger partial charge on any atom is -0.464 e. The van der Waals surface area contributed by atoms with Crippen molar-refractivity contribution in [1.29, 1.82) is 5.26 Å². The summed E-state index contributed by atoms with van der Waals surface area (Å²) in [6.07, 6.45) is 0. The standard InChI is InChI=1S/C13H17N3O3S/c1-5-16(7-8(2)6-14)13-15-10(12(18)19-4)11(20-13)9(3)17/h8H,5,7H2,1-4H3. The Hall–Kier alpha value is -1.94. The predicted molar refractivity (Wildman–Crippen MR) is 76.1 cm³/mol. The molecular weight excluding hydrogens is 278 g/mol. The maximum atomic E-state index is 11.6. The van der Waals surface area contributed by atoms with Crippen LogP contribution >= 0.6 is 11.3 Å². The van der Waals surface area contributed by atoms with E-state index in [2.05, 4.69) is 15.8 Å². The zero-order valence-corrected chi connectivity index (χ0v) is 12.8. The molecule has 0 fully saturated rings. The lowest BCUT2D eigenvalue weighted by molar-refractivity contribution is 0.0591. The monoisotopic (exact) mass is 295 g/mol. The Kier molecular flexibility index (Phi) is 5.65. The van der Waals surface area contributed by atoms with Crippen molar-refractivity contribution in [2.75, 3.05) is 25.1 Å². The minimum atomic E-state index is -0.623. The Bertz CT molecular complexity index is 548. The van der Waals surface area contributed by atoms with Gasteiger partial charge < -0.3 is 9.64 Å². The highest BCUT2D eigenvalue weighted by molar-refractivity contribution is 7.17. The van der Waals surface area contributed by atoms with Gasteiger partial charge in [-0.1, -0.05) is 11.3 Å². The third kappa shape index (κ3) is 3.54. The van der Waals surface area contributed by atoms with Crippen molar-refractivity contribution in [3.8, 4) is 6.07 Å². The van der Waals surface area contributed by atoms with Gasteiger partial charge in [-0.2, -0.15) is 5.26 Å². The van der Waals surface area contributed by atoms with Crippen molar-refractivity contribution in [1.82, 2.24) is 4.98 Å². The summed E-state index contributed by atoms with van der Waals surface area (Å²) in [7, 11) is 1.25. The van der Waals surface area contributed by atoms with Crippen LogP contribution in [0.3, 0.4) is 0 Å². The fraction of sp³-hybridized carbons (Fsp3) is 0.538. The van der Waals surface area contributed by atoms with E-state index in [9.17, 15) is 9.59 Å². The second-order valence-corrected chi connectivity index (χ2v) is 5.27. The van der Waals surface area contributed by atoms with Crippen molar-refractivity contribution in [2.24, 2.45) is 5.92 Å². The number of carbonyl (C=O) groups is 2. The highest BCUT2D eigenvalue weighted by Crippen LogP contribution is 2.28. The molecule has 1 unspecified atom stereocenters. The van der Waals surface area contributed by atoms with Crippen molar-refractivity contribution >= 4 is 28.2 Å². The number of nitrogens with zero attached hydrogens (tertiary/aromatic N) is 3. The van der Waals surface area contributed by atoms with Gasteiger partial charge in [0.05, 0.1) is 19.1 Å². The normalized spacial score (nSPS) is 11.6. The Balaban J connectivity index is 3.15. The molecule has 7 heteroatoms. The fourth-order valence-electron chi connectivity index (χ4n) is 1.63. The van der Waals surface area contributed by atoms with Crippen molar-refractivity contribution in [2.45, 2.75) is 20.8 Å². The van der Waals surface area contributed by atoms with E-state index in [4.69, 9.17) is 5.26 Å². The summed E-state index contributed by atoms with van der Waals surface area (Å²) in [6.45, 7) is 6.26. The molecule has 1 atom stereocenters. The number of nitriles is 1. The van der Waals surface area contributed by atoms with Gasteiger partial charge in [-0.05, 0) is 13.8 Å². The Morgan fingerprint density at radius 3 is 2.65 bits per heavy atom. The molecule has 6 nitrogen and oxygen atoms in total. The lowest BCUT2D eigenvalue weighted by Crippen LogP contribution is -2.27. The third-order valence-electron chi connectivity index (χ3n) is 2.68. The van der Waals surface area contributed by atoms with Gasteiger partial charge in [0.1, 0.15) is 4.88 Å². The molecule has 20 heavy (non-hydrogen) atoms. The van der Waals surface area contributed by atoms with Gasteiger partial charge in [0.25, 0.3) is 0 Å². The van der Waals surface area contributed by atoms with E-state index in [1.807, 2.05) is 18.7 Å². The quantitative estimate of drug-likeness (QED) is 0.590. The zero-order chi connectivity index (χ0) is 15.3. The lowest BCUT2D eigenvalue weighted by Gasteiger charge is -2.20. The largest absolute Gasteiger partial charge is 0.464 e. The Morgan fingerprint density at radius 2 is 2.20 bits per heavy atom. The van der Waals surface area contributed by atoms with Crippen molar-refractivity contribution < 1.29 is 14.3 Å². The predicted octanol–water partition coefficient (Wildman–Crippen LogP) is 2.12. The van der Waals surface area contributed by atoms with Crippen LogP contribution in [0.15, 0.2) is 0 Å². The molecule has 0 aliphatic heterocycles. The van der Waals surface area contributed by atoms with Crippen LogP contribution in [0.5, 0.6) is 0 Å². The molecular formula is C13H17N3O3S. The highest BCUT2D eigenvalue weighted by Gasteiger charge is 2.24. The number of carbonyl (C=O) groups excluding carboxylic acids is 2. The van der Waals surface area contributed by atoms with E-state index in [0.717, 1.165) is 11.3 Å². The maximum Gasteiger partial charge on any atom is 0.358 e. The van der Waals surface area contributed by atoms with Crippen LogP contribution in [0.4, 0.5) is 5.13 Å². The number of hydrogen-bond acceptors (Lipinski definition) is 7. The van der Waals surface area contributed by atoms with E-state index in [0.29, 0.717) is 18.2 Å². The molecule has 0 bridgehead atoms. The molecule has 0 radical (unpaired) electrons. The molecule has 0 saturated heterocycles. The first kappa shape index (κ1) is 16.1. The van der Waals surface area contributed by atoms with Crippen LogP contribution in [0.2, 0.25) is 0 Å². The van der Waals surface area contributed by atoms with E-state index in [1.165, 1.54) is 14.0 Å². The molecule has 1 aromatic rings. The molecule has 1 heterocycles. The summed E-state index contributed by atoms with van der Waals surface area (Å²) in [5.41, 5.74) is 0.0445. The van der Waals surface area contributed by atoms with E-state index in [1.54, 1.807) is 0 Å². The highest BCUT2D eigenvalue weighted by atomic mass is 32.1. The first-order valence-electron chi connectivity index (χ1n) is 6.19. The summed E-state index contributed by atoms with van der Waals surface area (Å²) in [5, 5.41) is 9.43. The molecule has 0 aliphatic rings. The van der Waals surface area contributed by atoms with Crippen LogP contribution in [-0.4, -0.2) is 36.9 Å². The number of Topliss-reactive ketones (excluding diaryl/α,β-unsaturated/α-hetero) is 1. The average molecular weight is 295 g/mol. The number of methoxy groups -OCH3 is 1. The lowest BCUT2D eigenvalue weighted by atomic mass is 10.2. The van der Waals surface area contributed by atoms with Gasteiger partial charge in [0, 0.05) is 20.0 Å². The average Bonchev–Trinajstić information content (AvgIpc) is 2.88. The number of rotatable bonds is 6. The summed E-state index contributed by atoms with van der Waals surface area (Å²) in [5.74, 6) is -1.01.